The van der Waals surface area contributed by atoms with Crippen LogP contribution in [-0.2, 0) is 11.8 Å². The fourth-order valence-electron chi connectivity index (χ4n) is 4.80. The molecule has 1 aliphatic heterocycles. The highest BCUT2D eigenvalue weighted by atomic mass is 16.5. The van der Waals surface area contributed by atoms with Crippen molar-refractivity contribution in [3.05, 3.63) is 77.4 Å². The number of Topliss-reactive ketones (excluding diaryl/α,β-unsaturated/α-hetero) is 1. The summed E-state index contributed by atoms with van der Waals surface area (Å²) in [4.78, 5) is 28.5. The minimum absolute atomic E-state index is 0.0375. The third kappa shape index (κ3) is 3.27. The Balaban J connectivity index is 1.67. The Morgan fingerprint density at radius 1 is 1.18 bits per heavy atom. The lowest BCUT2D eigenvalue weighted by molar-refractivity contribution is -0.129. The molecule has 0 spiro atoms. The highest BCUT2D eigenvalue weighted by molar-refractivity contribution is 6.16. The first-order valence-electron chi connectivity index (χ1n) is 11.4. The molecular weight excluding hydrogens is 432 g/mol. The zero-order valence-electron chi connectivity index (χ0n) is 19.4. The number of hydrogen-bond acceptors (Lipinski definition) is 5. The van der Waals surface area contributed by atoms with Gasteiger partial charge in [-0.3, -0.25) is 9.59 Å². The number of carbonyl (C=O) groups excluding carboxylic acids is 2. The number of rotatable bonds is 7. The van der Waals surface area contributed by atoms with Crippen molar-refractivity contribution < 1.29 is 23.8 Å². The zero-order valence-corrected chi connectivity index (χ0v) is 19.4. The van der Waals surface area contributed by atoms with Gasteiger partial charge in [0.25, 0.3) is 5.91 Å². The van der Waals surface area contributed by atoms with E-state index < -0.39 is 23.5 Å². The van der Waals surface area contributed by atoms with E-state index in [1.807, 2.05) is 61.1 Å². The van der Waals surface area contributed by atoms with Crippen LogP contribution in [0.25, 0.3) is 21.9 Å². The smallest absolute Gasteiger partial charge is 0.290 e. The first-order valence-corrected chi connectivity index (χ1v) is 11.4. The van der Waals surface area contributed by atoms with Crippen LogP contribution in [0, 0.1) is 0 Å². The van der Waals surface area contributed by atoms with Crippen LogP contribution in [0.4, 0.5) is 0 Å². The summed E-state index contributed by atoms with van der Waals surface area (Å²) in [6.45, 7) is 2.46. The van der Waals surface area contributed by atoms with Crippen molar-refractivity contribution in [2.24, 2.45) is 7.05 Å². The van der Waals surface area contributed by atoms with E-state index in [0.29, 0.717) is 23.3 Å². The Labute approximate surface area is 196 Å². The van der Waals surface area contributed by atoms with Gasteiger partial charge in [0.2, 0.25) is 5.78 Å². The Morgan fingerprint density at radius 2 is 1.97 bits per heavy atom. The quantitative estimate of drug-likeness (QED) is 0.379. The molecule has 2 aromatic heterocycles. The molecule has 34 heavy (non-hydrogen) atoms. The molecule has 0 bridgehead atoms. The molecular formula is C27H26N2O5. The average molecular weight is 459 g/mol. The molecule has 1 amide bonds. The Kier molecular flexibility index (Phi) is 5.40. The predicted octanol–water partition coefficient (Wildman–Crippen LogP) is 5.31. The van der Waals surface area contributed by atoms with E-state index in [9.17, 15) is 14.7 Å². The van der Waals surface area contributed by atoms with E-state index in [4.69, 9.17) is 9.15 Å². The fourth-order valence-corrected chi connectivity index (χ4v) is 4.80. The van der Waals surface area contributed by atoms with Crippen LogP contribution in [0.15, 0.2) is 70.5 Å². The first-order chi connectivity index (χ1) is 16.5. The van der Waals surface area contributed by atoms with Crippen molar-refractivity contribution in [2.45, 2.75) is 25.8 Å². The topological polar surface area (TPSA) is 84.9 Å². The Hall–Kier alpha value is -4.00. The lowest BCUT2D eigenvalue weighted by atomic mass is 9.94. The maximum absolute atomic E-state index is 13.8. The number of hydrogen-bond donors (Lipinski definition) is 1. The standard InChI is InChI=1S/C27H26N2O5/c1-4-5-13-29-23(18-15-28(2)19-11-7-6-10-17(18)19)22(25(31)27(29)32)24(30)21-14-16-9-8-12-20(33-3)26(16)34-21/h6-12,14-15,23,31H,4-5,13H2,1-3H3. The van der Waals surface area contributed by atoms with Crippen molar-refractivity contribution in [2.75, 3.05) is 13.7 Å². The monoisotopic (exact) mass is 458 g/mol. The highest BCUT2D eigenvalue weighted by Crippen LogP contribution is 2.43. The van der Waals surface area contributed by atoms with Crippen molar-refractivity contribution in [3.8, 4) is 5.75 Å². The van der Waals surface area contributed by atoms with Crippen molar-refractivity contribution in [3.63, 3.8) is 0 Å². The van der Waals surface area contributed by atoms with Gasteiger partial charge in [0.05, 0.1) is 18.7 Å². The number of furan rings is 1. The van der Waals surface area contributed by atoms with Crippen LogP contribution in [0.5, 0.6) is 5.75 Å². The lowest BCUT2D eigenvalue weighted by Crippen LogP contribution is -2.32. The molecule has 1 unspecified atom stereocenters. The van der Waals surface area contributed by atoms with E-state index in [1.165, 1.54) is 7.11 Å². The molecule has 0 fully saturated rings. The molecule has 4 aromatic rings. The summed E-state index contributed by atoms with van der Waals surface area (Å²) < 4.78 is 13.2. The number of ketones is 1. The van der Waals surface area contributed by atoms with Crippen LogP contribution >= 0.6 is 0 Å². The molecule has 3 heterocycles. The number of aliphatic hydroxyl groups is 1. The second-order valence-electron chi connectivity index (χ2n) is 8.55. The summed E-state index contributed by atoms with van der Waals surface area (Å²) in [7, 11) is 3.46. The van der Waals surface area contributed by atoms with Crippen LogP contribution in [0.1, 0.15) is 41.9 Å². The molecule has 174 valence electrons. The van der Waals surface area contributed by atoms with Gasteiger partial charge in [-0.15, -0.1) is 0 Å². The molecule has 0 aliphatic carbocycles. The molecule has 0 saturated heterocycles. The van der Waals surface area contributed by atoms with E-state index in [-0.39, 0.29) is 11.3 Å². The largest absolute Gasteiger partial charge is 0.503 e. The van der Waals surface area contributed by atoms with E-state index >= 15 is 0 Å². The summed E-state index contributed by atoms with van der Waals surface area (Å²) in [6.07, 6.45) is 3.55. The van der Waals surface area contributed by atoms with Crippen LogP contribution in [0.3, 0.4) is 0 Å². The minimum Gasteiger partial charge on any atom is -0.503 e. The number of benzene rings is 2. The van der Waals surface area contributed by atoms with E-state index in [0.717, 1.165) is 29.3 Å². The molecule has 7 heteroatoms. The number of aromatic nitrogens is 1. The third-order valence-electron chi connectivity index (χ3n) is 6.47. The number of aliphatic hydroxyl groups excluding tert-OH is 1. The van der Waals surface area contributed by atoms with Crippen molar-refractivity contribution >= 4 is 33.6 Å². The number of fused-ring (bicyclic) bond motifs is 2. The number of amides is 1. The van der Waals surface area contributed by atoms with Crippen LogP contribution in [0.2, 0.25) is 0 Å². The van der Waals surface area contributed by atoms with Crippen LogP contribution < -0.4 is 4.74 Å². The van der Waals surface area contributed by atoms with Gasteiger partial charge in [0.15, 0.2) is 22.9 Å². The highest BCUT2D eigenvalue weighted by Gasteiger charge is 2.45. The Bertz CT molecular complexity index is 1460. The second kappa shape index (κ2) is 8.41. The van der Waals surface area contributed by atoms with Gasteiger partial charge in [-0.2, -0.15) is 0 Å². The lowest BCUT2D eigenvalue weighted by Gasteiger charge is -2.26. The molecule has 0 radical (unpaired) electrons. The summed E-state index contributed by atoms with van der Waals surface area (Å²) in [5.41, 5.74) is 2.26. The summed E-state index contributed by atoms with van der Waals surface area (Å²) in [5, 5.41) is 12.6. The molecule has 5 rings (SSSR count). The molecule has 0 saturated carbocycles. The van der Waals surface area contributed by atoms with E-state index in [2.05, 4.69) is 0 Å². The SMILES string of the molecule is CCCCN1C(=O)C(O)=C(C(=O)c2cc3cccc(OC)c3o2)C1c1cn(C)c2ccccc12. The van der Waals surface area contributed by atoms with Gasteiger partial charge in [0, 0.05) is 41.6 Å². The van der Waals surface area contributed by atoms with Gasteiger partial charge < -0.3 is 23.7 Å². The van der Waals surface area contributed by atoms with Gasteiger partial charge in [0.1, 0.15) is 0 Å². The minimum atomic E-state index is -0.715. The average Bonchev–Trinajstić information content (AvgIpc) is 3.50. The molecule has 1 atom stereocenters. The summed E-state index contributed by atoms with van der Waals surface area (Å²) in [6, 6.07) is 14.1. The van der Waals surface area contributed by atoms with Gasteiger partial charge in [-0.25, -0.2) is 0 Å². The Morgan fingerprint density at radius 3 is 2.74 bits per heavy atom. The number of methoxy groups -OCH3 is 1. The van der Waals surface area contributed by atoms with Crippen molar-refractivity contribution in [1.29, 1.82) is 0 Å². The van der Waals surface area contributed by atoms with Crippen molar-refractivity contribution in [1.82, 2.24) is 9.47 Å². The maximum Gasteiger partial charge on any atom is 0.290 e. The van der Waals surface area contributed by atoms with Crippen LogP contribution in [-0.4, -0.2) is 39.9 Å². The first kappa shape index (κ1) is 21.8. The molecule has 1 N–H and O–H groups in total. The molecule has 2 aromatic carbocycles. The number of para-hydroxylation sites is 2. The molecule has 1 aliphatic rings. The zero-order chi connectivity index (χ0) is 24.0. The number of unbranched alkanes of at least 4 members (excludes halogenated alkanes) is 1. The second-order valence-corrected chi connectivity index (χ2v) is 8.55. The number of aryl methyl sites for hydroxylation is 1. The normalized spacial score (nSPS) is 16.3. The van der Waals surface area contributed by atoms with Gasteiger partial charge >= 0.3 is 0 Å². The molecule has 7 nitrogen and oxygen atoms in total. The predicted molar refractivity (Wildman–Crippen MR) is 129 cm³/mol. The summed E-state index contributed by atoms with van der Waals surface area (Å²) >= 11 is 0. The van der Waals surface area contributed by atoms with Gasteiger partial charge in [-0.05, 0) is 24.6 Å². The van der Waals surface area contributed by atoms with E-state index in [1.54, 1.807) is 17.0 Å². The fraction of sp³-hybridized carbons (Fsp3) is 0.259. The number of nitrogens with zero attached hydrogens (tertiary/aromatic N) is 2. The third-order valence-corrected chi connectivity index (χ3v) is 6.47. The summed E-state index contributed by atoms with van der Waals surface area (Å²) in [5.74, 6) is -1.01. The number of ether oxygens (including phenoxy) is 1. The number of carbonyl (C=O) groups is 2. The maximum atomic E-state index is 13.8. The van der Waals surface area contributed by atoms with Gasteiger partial charge in [-0.1, -0.05) is 43.7 Å².